The molecule has 0 bridgehead atoms. The molecule has 0 amide bonds. The maximum absolute atomic E-state index is 13.3. The molecule has 3 aromatic carbocycles. The van der Waals surface area contributed by atoms with Crippen molar-refractivity contribution in [3.8, 4) is 5.75 Å². The first-order valence-corrected chi connectivity index (χ1v) is 9.40. The molecular weight excluding hydrogens is 382 g/mol. The monoisotopic (exact) mass is 403 g/mol. The number of benzene rings is 3. The van der Waals surface area contributed by atoms with E-state index in [0.717, 1.165) is 5.56 Å². The van der Waals surface area contributed by atoms with Crippen LogP contribution in [0.4, 0.5) is 5.69 Å². The molecule has 0 heterocycles. The Morgan fingerprint density at radius 1 is 1.00 bits per heavy atom. The van der Waals surface area contributed by atoms with Crippen LogP contribution in [0.3, 0.4) is 0 Å². The summed E-state index contributed by atoms with van der Waals surface area (Å²) in [5, 5.41) is 11.8. The number of carbonyl (C=O) groups excluding carboxylic acids is 1. The van der Waals surface area contributed by atoms with Crippen LogP contribution in [0.1, 0.15) is 17.2 Å². The third kappa shape index (κ3) is 4.92. The fraction of sp³-hybridized carbons (Fsp3) is 0.0870. The molecule has 0 spiro atoms. The first-order valence-electron chi connectivity index (χ1n) is 9.00. The van der Waals surface area contributed by atoms with E-state index in [4.69, 9.17) is 10.1 Å². The molecule has 0 aromatic heterocycles. The van der Waals surface area contributed by atoms with Crippen LogP contribution in [0.25, 0.3) is 0 Å². The number of nitrogens with zero attached hydrogens (tertiary/aromatic N) is 1. The van der Waals surface area contributed by atoms with E-state index < -0.39 is 11.8 Å². The van der Waals surface area contributed by atoms with E-state index in [-0.39, 0.29) is 11.4 Å². The number of Topliss-reactive ketones (excluding diaryl/α,β-unsaturated/α-hetero) is 1. The number of carbonyl (C=O) groups is 1. The summed E-state index contributed by atoms with van der Waals surface area (Å²) in [5.74, 6) is 0.266. The molecule has 0 saturated heterocycles. The van der Waals surface area contributed by atoms with Gasteiger partial charge in [0.05, 0.1) is 7.11 Å². The van der Waals surface area contributed by atoms with Gasteiger partial charge in [0.25, 0.3) is 0 Å². The molecule has 0 aliphatic heterocycles. The lowest BCUT2D eigenvalue weighted by Gasteiger charge is -2.20. The maximum Gasteiger partial charge on any atom is 0.209 e. The lowest BCUT2D eigenvalue weighted by atomic mass is 9.94. The summed E-state index contributed by atoms with van der Waals surface area (Å²) < 4.78 is 9.17. The highest BCUT2D eigenvalue weighted by Gasteiger charge is 2.27. The molecule has 1 atom stereocenters. The topological polar surface area (TPSA) is 74.5 Å². The van der Waals surface area contributed by atoms with Crippen molar-refractivity contribution in [1.29, 1.82) is 5.41 Å². The van der Waals surface area contributed by atoms with Crippen molar-refractivity contribution in [3.63, 3.8) is 0 Å². The number of nitrogens with one attached hydrogen (secondary N) is 2. The number of hydrogen-bond acceptors (Lipinski definition) is 6. The average Bonchev–Trinajstić information content (AvgIpc) is 2.79. The van der Waals surface area contributed by atoms with Crippen molar-refractivity contribution in [2.45, 2.75) is 6.04 Å². The van der Waals surface area contributed by atoms with Crippen molar-refractivity contribution in [2.24, 2.45) is 4.40 Å². The van der Waals surface area contributed by atoms with E-state index in [0.29, 0.717) is 17.0 Å². The van der Waals surface area contributed by atoms with Crippen molar-refractivity contribution in [2.75, 3.05) is 12.4 Å². The molecule has 0 aliphatic carbocycles. The summed E-state index contributed by atoms with van der Waals surface area (Å²) in [6.07, 6.45) is 0. The zero-order valence-electron chi connectivity index (χ0n) is 15.9. The highest BCUT2D eigenvalue weighted by Crippen LogP contribution is 2.24. The van der Waals surface area contributed by atoms with Gasteiger partial charge in [-0.1, -0.05) is 66.7 Å². The zero-order chi connectivity index (χ0) is 20.6. The molecule has 3 aromatic rings. The Kier molecular flexibility index (Phi) is 6.81. The lowest BCUT2D eigenvalue weighted by Crippen LogP contribution is -2.32. The van der Waals surface area contributed by atoms with Crippen LogP contribution in [-0.4, -0.2) is 24.3 Å². The molecule has 0 fully saturated rings. The Hall–Kier alpha value is -3.38. The third-order valence-corrected chi connectivity index (χ3v) is 4.61. The minimum atomic E-state index is -0.760. The van der Waals surface area contributed by atoms with Gasteiger partial charge in [-0.05, 0) is 30.5 Å². The van der Waals surface area contributed by atoms with Gasteiger partial charge in [0.1, 0.15) is 23.2 Å². The minimum absolute atomic E-state index is 0.213. The first kappa shape index (κ1) is 20.4. The van der Waals surface area contributed by atoms with Crippen molar-refractivity contribution in [1.82, 2.24) is 0 Å². The van der Waals surface area contributed by atoms with E-state index >= 15 is 0 Å². The SMILES string of the molecule is COc1cccc(NC(C(=O)C(=N)C(=NS)c2ccccc2)c2ccccc2)c1. The fourth-order valence-electron chi connectivity index (χ4n) is 2.93. The summed E-state index contributed by atoms with van der Waals surface area (Å²) in [6, 6.07) is 25.0. The summed E-state index contributed by atoms with van der Waals surface area (Å²) in [5.41, 5.74) is 2.14. The number of anilines is 1. The fourth-order valence-corrected chi connectivity index (χ4v) is 3.15. The van der Waals surface area contributed by atoms with E-state index in [1.54, 1.807) is 25.3 Å². The van der Waals surface area contributed by atoms with Crippen LogP contribution in [0.15, 0.2) is 89.3 Å². The van der Waals surface area contributed by atoms with Crippen molar-refractivity contribution in [3.05, 3.63) is 96.1 Å². The molecule has 0 saturated carbocycles. The van der Waals surface area contributed by atoms with Crippen LogP contribution < -0.4 is 10.1 Å². The molecule has 1 unspecified atom stereocenters. The molecule has 5 nitrogen and oxygen atoms in total. The molecular formula is C23H21N3O2S. The predicted molar refractivity (Wildman–Crippen MR) is 120 cm³/mol. The second-order valence-electron chi connectivity index (χ2n) is 6.27. The second kappa shape index (κ2) is 9.71. The summed E-state index contributed by atoms with van der Waals surface area (Å²) in [7, 11) is 1.59. The maximum atomic E-state index is 13.3. The third-order valence-electron chi connectivity index (χ3n) is 4.41. The van der Waals surface area contributed by atoms with Gasteiger partial charge in [0.2, 0.25) is 5.78 Å². The molecule has 6 heteroatoms. The number of methoxy groups -OCH3 is 1. The van der Waals surface area contributed by atoms with E-state index in [1.165, 1.54) is 0 Å². The Balaban J connectivity index is 1.95. The van der Waals surface area contributed by atoms with E-state index in [9.17, 15) is 4.79 Å². The number of ketones is 1. The van der Waals surface area contributed by atoms with Crippen LogP contribution in [0.2, 0.25) is 0 Å². The van der Waals surface area contributed by atoms with Gasteiger partial charge in [0.15, 0.2) is 0 Å². The molecule has 29 heavy (non-hydrogen) atoms. The smallest absolute Gasteiger partial charge is 0.209 e. The molecule has 0 aliphatic rings. The standard InChI is InChI=1S/C23H21N3O2S/c1-28-19-14-8-13-18(15-19)25-22(17-11-6-3-7-12-17)23(27)20(24)21(26-29)16-9-4-2-5-10-16/h2-15,22,24-25,29H,1H3. The second-order valence-corrected chi connectivity index (χ2v) is 6.47. The summed E-state index contributed by atoms with van der Waals surface area (Å²) in [6.45, 7) is 0. The average molecular weight is 404 g/mol. The number of thiol groups is 1. The summed E-state index contributed by atoms with van der Waals surface area (Å²) >= 11 is 4.00. The largest absolute Gasteiger partial charge is 0.497 e. The Morgan fingerprint density at radius 2 is 1.66 bits per heavy atom. The van der Waals surface area contributed by atoms with Crippen LogP contribution >= 0.6 is 12.8 Å². The predicted octanol–water partition coefficient (Wildman–Crippen LogP) is 4.77. The van der Waals surface area contributed by atoms with Gasteiger partial charge in [-0.15, -0.1) is 0 Å². The Morgan fingerprint density at radius 3 is 2.28 bits per heavy atom. The minimum Gasteiger partial charge on any atom is -0.497 e. The molecule has 3 rings (SSSR count). The highest BCUT2D eigenvalue weighted by atomic mass is 32.1. The van der Waals surface area contributed by atoms with E-state index in [1.807, 2.05) is 66.7 Å². The quantitative estimate of drug-likeness (QED) is 0.375. The molecule has 0 radical (unpaired) electrons. The first-order chi connectivity index (χ1) is 14.1. The van der Waals surface area contributed by atoms with Crippen LogP contribution in [0, 0.1) is 5.41 Å². The van der Waals surface area contributed by atoms with Crippen molar-refractivity contribution >= 4 is 35.7 Å². The van der Waals surface area contributed by atoms with Gasteiger partial charge in [-0.3, -0.25) is 10.2 Å². The molecule has 146 valence electrons. The number of rotatable bonds is 8. The van der Waals surface area contributed by atoms with Gasteiger partial charge in [-0.2, -0.15) is 0 Å². The van der Waals surface area contributed by atoms with Gasteiger partial charge in [0, 0.05) is 17.3 Å². The zero-order valence-corrected chi connectivity index (χ0v) is 16.8. The highest BCUT2D eigenvalue weighted by molar-refractivity contribution is 7.79. The normalized spacial score (nSPS) is 12.1. The van der Waals surface area contributed by atoms with Crippen molar-refractivity contribution < 1.29 is 9.53 Å². The number of ether oxygens (including phenoxy) is 1. The molecule has 2 N–H and O–H groups in total. The Labute approximate surface area is 175 Å². The number of hydrogen-bond donors (Lipinski definition) is 3. The van der Waals surface area contributed by atoms with Gasteiger partial charge >= 0.3 is 0 Å². The van der Waals surface area contributed by atoms with Gasteiger partial charge < -0.3 is 10.1 Å². The van der Waals surface area contributed by atoms with Gasteiger partial charge in [-0.25, -0.2) is 4.40 Å². The summed E-state index contributed by atoms with van der Waals surface area (Å²) in [4.78, 5) is 13.3. The van der Waals surface area contributed by atoms with Crippen LogP contribution in [-0.2, 0) is 4.79 Å². The van der Waals surface area contributed by atoms with E-state index in [2.05, 4.69) is 22.5 Å². The van der Waals surface area contributed by atoms with Crippen LogP contribution in [0.5, 0.6) is 5.75 Å². The lowest BCUT2D eigenvalue weighted by molar-refractivity contribution is -0.113. The Bertz CT molecular complexity index is 1020.